The molecule has 8 heteroatoms. The number of thioether (sulfide) groups is 1. The summed E-state index contributed by atoms with van der Waals surface area (Å²) in [6, 6.07) is 0. The second-order valence-electron chi connectivity index (χ2n) is 14.4. The predicted molar refractivity (Wildman–Crippen MR) is 161 cm³/mol. The molecule has 4 fully saturated rings. The molecule has 0 radical (unpaired) electrons. The van der Waals surface area contributed by atoms with Crippen LogP contribution in [0.3, 0.4) is 0 Å². The second-order valence-corrected chi connectivity index (χ2v) is 15.7. The Morgan fingerprint density at radius 1 is 0.976 bits per heavy atom. The largest absolute Gasteiger partial charge is 0.394 e. The SMILES string of the molecule is CC(O)[C@H]1CC[C@H]2[C@@H]3CC=C4C[C@@H](OCCCCCCS[C@@H]5O[C@H](CO)[C@@H](O)[C@H](O)[C@@H]5O)CC[C@]4(C)[C@H]3CC[C@]12C. The topological polar surface area (TPSA) is 120 Å². The summed E-state index contributed by atoms with van der Waals surface area (Å²) in [7, 11) is 0. The van der Waals surface area contributed by atoms with E-state index in [9.17, 15) is 25.5 Å². The normalized spacial score (nSPS) is 46.8. The maximum Gasteiger partial charge on any atom is 0.132 e. The monoisotopic (exact) mass is 596 g/mol. The summed E-state index contributed by atoms with van der Waals surface area (Å²) in [4.78, 5) is 0. The van der Waals surface area contributed by atoms with Gasteiger partial charge in [0.1, 0.15) is 29.9 Å². The number of fused-ring (bicyclic) bond motifs is 5. The molecule has 1 aliphatic heterocycles. The van der Waals surface area contributed by atoms with Gasteiger partial charge >= 0.3 is 0 Å². The third-order valence-electron chi connectivity index (χ3n) is 12.2. The van der Waals surface area contributed by atoms with E-state index in [-0.39, 0.29) is 12.7 Å². The van der Waals surface area contributed by atoms with Crippen LogP contribution in [0.2, 0.25) is 0 Å². The number of hydrogen-bond acceptors (Lipinski definition) is 8. The zero-order valence-corrected chi connectivity index (χ0v) is 26.3. The van der Waals surface area contributed by atoms with Crippen LogP contribution in [0.25, 0.3) is 0 Å². The lowest BCUT2D eigenvalue weighted by atomic mass is 9.47. The molecule has 7 nitrogen and oxygen atoms in total. The Morgan fingerprint density at radius 2 is 1.76 bits per heavy atom. The van der Waals surface area contributed by atoms with Crippen molar-refractivity contribution in [3.05, 3.63) is 11.6 Å². The zero-order chi connectivity index (χ0) is 29.4. The van der Waals surface area contributed by atoms with E-state index in [1.54, 1.807) is 5.57 Å². The Morgan fingerprint density at radius 3 is 2.51 bits per heavy atom. The van der Waals surface area contributed by atoms with Crippen molar-refractivity contribution in [1.29, 1.82) is 0 Å². The molecule has 0 amide bonds. The minimum absolute atomic E-state index is 0.185. The van der Waals surface area contributed by atoms with Crippen LogP contribution in [0.15, 0.2) is 11.6 Å². The van der Waals surface area contributed by atoms with Crippen molar-refractivity contribution >= 4 is 11.8 Å². The lowest BCUT2D eigenvalue weighted by Gasteiger charge is -2.58. The van der Waals surface area contributed by atoms with E-state index < -0.39 is 29.9 Å². The van der Waals surface area contributed by atoms with Gasteiger partial charge in [0.2, 0.25) is 0 Å². The third-order valence-corrected chi connectivity index (χ3v) is 13.5. The summed E-state index contributed by atoms with van der Waals surface area (Å²) < 4.78 is 12.0. The molecule has 0 aromatic heterocycles. The Hall–Kier alpha value is -0.190. The van der Waals surface area contributed by atoms with Gasteiger partial charge in [-0.2, -0.15) is 0 Å². The zero-order valence-electron chi connectivity index (χ0n) is 25.5. The van der Waals surface area contributed by atoms with E-state index in [0.717, 1.165) is 68.6 Å². The average molecular weight is 597 g/mol. The van der Waals surface area contributed by atoms with Gasteiger partial charge in [-0.1, -0.05) is 38.3 Å². The van der Waals surface area contributed by atoms with Gasteiger partial charge in [0.25, 0.3) is 0 Å². The molecule has 0 bridgehead atoms. The maximum absolute atomic E-state index is 10.5. The smallest absolute Gasteiger partial charge is 0.132 e. The first-order chi connectivity index (χ1) is 19.6. The molecular weight excluding hydrogens is 540 g/mol. The molecule has 0 spiro atoms. The lowest BCUT2D eigenvalue weighted by molar-refractivity contribution is -0.205. The highest BCUT2D eigenvalue weighted by Gasteiger charge is 2.59. The first kappa shape index (κ1) is 32.2. The van der Waals surface area contributed by atoms with Gasteiger partial charge in [-0.25, -0.2) is 0 Å². The standard InChI is InChI=1S/C33H56O7S/c1-20(35)24-10-11-25-23-9-8-21-18-22(12-14-32(21,2)26(23)13-15-33(24,25)3)39-16-6-4-5-7-17-41-31-30(38)29(37)28(36)27(19-34)40-31/h8,20,22-31,34-38H,4-7,9-19H2,1-3H3/t20?,22-,23-,24+,25-,26-,27+,28+,29-,30-,31-,32-,33+/m0/s1. The van der Waals surface area contributed by atoms with Crippen LogP contribution in [0.4, 0.5) is 0 Å². The molecule has 41 heavy (non-hydrogen) atoms. The summed E-state index contributed by atoms with van der Waals surface area (Å²) in [5.74, 6) is 3.59. The summed E-state index contributed by atoms with van der Waals surface area (Å²) >= 11 is 1.44. The van der Waals surface area contributed by atoms with E-state index in [1.165, 1.54) is 50.3 Å². The third kappa shape index (κ3) is 6.33. The first-order valence-corrected chi connectivity index (χ1v) is 17.6. The number of allylic oxidation sites excluding steroid dienone is 1. The fourth-order valence-corrected chi connectivity index (χ4v) is 11.0. The molecule has 0 aromatic rings. The number of aliphatic hydroxyl groups excluding tert-OH is 5. The molecule has 5 aliphatic rings. The fraction of sp³-hybridized carbons (Fsp3) is 0.939. The van der Waals surface area contributed by atoms with Crippen LogP contribution < -0.4 is 0 Å². The molecule has 1 heterocycles. The fourth-order valence-electron chi connectivity index (χ4n) is 9.82. The van der Waals surface area contributed by atoms with Gasteiger partial charge in [0, 0.05) is 6.61 Å². The Balaban J connectivity index is 1.01. The molecule has 13 atom stereocenters. The van der Waals surface area contributed by atoms with E-state index >= 15 is 0 Å². The minimum Gasteiger partial charge on any atom is -0.394 e. The van der Waals surface area contributed by atoms with Crippen molar-refractivity contribution in [2.75, 3.05) is 19.0 Å². The van der Waals surface area contributed by atoms with Gasteiger partial charge in [-0.05, 0) is 111 Å². The number of ether oxygens (including phenoxy) is 2. The van der Waals surface area contributed by atoms with Crippen molar-refractivity contribution in [1.82, 2.24) is 0 Å². The average Bonchev–Trinajstić information content (AvgIpc) is 3.32. The van der Waals surface area contributed by atoms with E-state index in [0.29, 0.717) is 22.9 Å². The van der Waals surface area contributed by atoms with E-state index in [4.69, 9.17) is 9.47 Å². The summed E-state index contributed by atoms with van der Waals surface area (Å²) in [5, 5.41) is 49.9. The summed E-state index contributed by atoms with van der Waals surface area (Å²) in [6.07, 6.45) is 12.2. The molecule has 4 aliphatic carbocycles. The lowest BCUT2D eigenvalue weighted by Crippen LogP contribution is -2.57. The first-order valence-electron chi connectivity index (χ1n) is 16.5. The maximum atomic E-state index is 10.5. The van der Waals surface area contributed by atoms with E-state index in [1.807, 2.05) is 6.92 Å². The highest BCUT2D eigenvalue weighted by Crippen LogP contribution is 2.66. The van der Waals surface area contributed by atoms with Crippen molar-refractivity contribution in [2.45, 2.75) is 140 Å². The number of hydrogen-bond donors (Lipinski definition) is 5. The van der Waals surface area contributed by atoms with Gasteiger partial charge in [0.15, 0.2) is 0 Å². The summed E-state index contributed by atoms with van der Waals surface area (Å²) in [6.45, 7) is 7.48. The van der Waals surface area contributed by atoms with E-state index in [2.05, 4.69) is 19.9 Å². The van der Waals surface area contributed by atoms with Crippen LogP contribution in [-0.4, -0.2) is 86.6 Å². The number of rotatable bonds is 11. The molecule has 5 N–H and O–H groups in total. The number of aliphatic hydroxyl groups is 5. The van der Waals surface area contributed by atoms with Crippen LogP contribution in [-0.2, 0) is 9.47 Å². The van der Waals surface area contributed by atoms with Gasteiger partial charge < -0.3 is 35.0 Å². The van der Waals surface area contributed by atoms with Gasteiger partial charge in [-0.15, -0.1) is 11.8 Å². The highest BCUT2D eigenvalue weighted by molar-refractivity contribution is 7.99. The quantitative estimate of drug-likeness (QED) is 0.176. The van der Waals surface area contributed by atoms with Crippen LogP contribution in [0.5, 0.6) is 0 Å². The van der Waals surface area contributed by atoms with Crippen molar-refractivity contribution < 1.29 is 35.0 Å². The molecule has 1 unspecified atom stereocenters. The highest BCUT2D eigenvalue weighted by atomic mass is 32.2. The second kappa shape index (κ2) is 13.4. The predicted octanol–water partition coefficient (Wildman–Crippen LogP) is 4.42. The molecule has 0 aromatic carbocycles. The van der Waals surface area contributed by atoms with Crippen molar-refractivity contribution in [3.63, 3.8) is 0 Å². The number of unbranched alkanes of at least 4 members (excludes halogenated alkanes) is 3. The molecular formula is C33H56O7S. The molecule has 1 saturated heterocycles. The molecule has 5 rings (SSSR count). The minimum atomic E-state index is -1.30. The molecule has 3 saturated carbocycles. The Bertz CT molecular complexity index is 897. The van der Waals surface area contributed by atoms with Crippen LogP contribution >= 0.6 is 11.8 Å². The van der Waals surface area contributed by atoms with Gasteiger partial charge in [-0.3, -0.25) is 0 Å². The molecule has 236 valence electrons. The Kier molecular flexibility index (Phi) is 10.6. The van der Waals surface area contributed by atoms with Crippen molar-refractivity contribution in [2.24, 2.45) is 34.5 Å². The summed E-state index contributed by atoms with van der Waals surface area (Å²) in [5.41, 5.74) is 1.67. The van der Waals surface area contributed by atoms with Crippen LogP contribution in [0.1, 0.15) is 97.8 Å². The Labute approximate surface area is 251 Å². The van der Waals surface area contributed by atoms with Crippen LogP contribution in [0, 0.1) is 34.5 Å². The van der Waals surface area contributed by atoms with Crippen molar-refractivity contribution in [3.8, 4) is 0 Å². The van der Waals surface area contributed by atoms with Gasteiger partial charge in [0.05, 0.1) is 18.8 Å².